The number of amidine groups is 2. The Labute approximate surface area is 121 Å². The van der Waals surface area contributed by atoms with Crippen molar-refractivity contribution in [2.24, 2.45) is 9.98 Å². The average Bonchev–Trinajstić information content (AvgIpc) is 2.50. The predicted octanol–water partition coefficient (Wildman–Crippen LogP) is 4.52. The summed E-state index contributed by atoms with van der Waals surface area (Å²) in [5.41, 5.74) is 3.75. The molecule has 0 spiro atoms. The van der Waals surface area contributed by atoms with Crippen LogP contribution in [-0.2, 0) is 5.41 Å². The fourth-order valence-electron chi connectivity index (χ4n) is 2.08. The molecular weight excluding hydrogens is 246 g/mol. The number of hydrogen-bond donors (Lipinski definition) is 1. The largest absolute Gasteiger partial charge is 0.343 e. The molecule has 0 radical (unpaired) electrons. The van der Waals surface area contributed by atoms with E-state index in [1.165, 1.54) is 11.1 Å². The molecule has 1 aromatic rings. The second kappa shape index (κ2) is 5.61. The minimum absolute atomic E-state index is 0.149. The van der Waals surface area contributed by atoms with E-state index < -0.39 is 0 Å². The summed E-state index contributed by atoms with van der Waals surface area (Å²) in [5.74, 6) is 1.74. The van der Waals surface area contributed by atoms with Gasteiger partial charge in [0.05, 0.1) is 0 Å². The second-order valence-corrected chi connectivity index (χ2v) is 6.34. The summed E-state index contributed by atoms with van der Waals surface area (Å²) in [5, 5.41) is 3.42. The lowest BCUT2D eigenvalue weighted by Gasteiger charge is -2.20. The van der Waals surface area contributed by atoms with E-state index in [0.717, 1.165) is 23.8 Å². The zero-order valence-corrected chi connectivity index (χ0v) is 13.0. The Hall–Kier alpha value is -1.90. The fourth-order valence-corrected chi connectivity index (χ4v) is 2.08. The Morgan fingerprint density at radius 2 is 1.90 bits per heavy atom. The van der Waals surface area contributed by atoms with E-state index in [1.54, 1.807) is 0 Å². The van der Waals surface area contributed by atoms with Crippen LogP contribution < -0.4 is 5.32 Å². The van der Waals surface area contributed by atoms with E-state index >= 15 is 0 Å². The number of nitrogens with one attached hydrogen (secondary N) is 1. The molecule has 3 nitrogen and oxygen atoms in total. The third-order valence-electron chi connectivity index (χ3n) is 3.23. The molecule has 106 valence electrons. The summed E-state index contributed by atoms with van der Waals surface area (Å²) in [7, 11) is 0. The van der Waals surface area contributed by atoms with Gasteiger partial charge in [-0.1, -0.05) is 32.9 Å². The molecule has 0 saturated heterocycles. The van der Waals surface area contributed by atoms with Gasteiger partial charge in [0, 0.05) is 18.3 Å². The molecule has 0 fully saturated rings. The molecule has 2 rings (SSSR count). The van der Waals surface area contributed by atoms with Crippen molar-refractivity contribution in [3.63, 3.8) is 0 Å². The monoisotopic (exact) mass is 269 g/mol. The Morgan fingerprint density at radius 1 is 1.15 bits per heavy atom. The van der Waals surface area contributed by atoms with E-state index in [-0.39, 0.29) is 5.41 Å². The Balaban J connectivity index is 2.23. The van der Waals surface area contributed by atoms with Gasteiger partial charge in [0.15, 0.2) is 0 Å². The number of benzene rings is 1. The highest BCUT2D eigenvalue weighted by Crippen LogP contribution is 2.25. The molecule has 0 saturated carbocycles. The van der Waals surface area contributed by atoms with Crippen molar-refractivity contribution in [2.45, 2.75) is 46.5 Å². The van der Waals surface area contributed by atoms with Crippen molar-refractivity contribution >= 4 is 17.4 Å². The first-order chi connectivity index (χ1) is 9.34. The average molecular weight is 269 g/mol. The van der Waals surface area contributed by atoms with E-state index in [0.29, 0.717) is 0 Å². The van der Waals surface area contributed by atoms with Gasteiger partial charge >= 0.3 is 0 Å². The maximum atomic E-state index is 4.52. The van der Waals surface area contributed by atoms with Crippen LogP contribution in [0.5, 0.6) is 0 Å². The van der Waals surface area contributed by atoms with E-state index in [2.05, 4.69) is 67.3 Å². The third kappa shape index (κ3) is 3.80. The summed E-state index contributed by atoms with van der Waals surface area (Å²) in [6.45, 7) is 10.7. The van der Waals surface area contributed by atoms with Crippen molar-refractivity contribution in [3.05, 3.63) is 41.6 Å². The zero-order valence-electron chi connectivity index (χ0n) is 13.0. The number of anilines is 1. The quantitative estimate of drug-likeness (QED) is 0.799. The summed E-state index contributed by atoms with van der Waals surface area (Å²) < 4.78 is 0. The lowest BCUT2D eigenvalue weighted by Crippen LogP contribution is -2.15. The van der Waals surface area contributed by atoms with Crippen molar-refractivity contribution in [2.75, 3.05) is 5.32 Å². The van der Waals surface area contributed by atoms with Gasteiger partial charge in [0.1, 0.15) is 11.7 Å². The molecule has 0 aromatic heterocycles. The van der Waals surface area contributed by atoms with Gasteiger partial charge in [0.2, 0.25) is 0 Å². The lowest BCUT2D eigenvalue weighted by atomic mass is 9.87. The fraction of sp³-hybridized carbons (Fsp3) is 0.412. The Bertz CT molecular complexity index is 586. The Kier molecular flexibility index (Phi) is 4.07. The van der Waals surface area contributed by atoms with Gasteiger partial charge in [0.25, 0.3) is 0 Å². The van der Waals surface area contributed by atoms with Gasteiger partial charge < -0.3 is 5.32 Å². The molecule has 0 bridgehead atoms. The molecular formula is C17H23N3. The molecule has 1 heterocycles. The lowest BCUT2D eigenvalue weighted by molar-refractivity contribution is 0.590. The van der Waals surface area contributed by atoms with Crippen LogP contribution in [0.2, 0.25) is 0 Å². The molecule has 0 amide bonds. The highest BCUT2D eigenvalue weighted by molar-refractivity contribution is 6.04. The molecule has 1 N–H and O–H groups in total. The van der Waals surface area contributed by atoms with Crippen LogP contribution in [0.3, 0.4) is 0 Å². The van der Waals surface area contributed by atoms with E-state index in [4.69, 9.17) is 0 Å². The number of nitrogens with zero attached hydrogens (tertiary/aromatic N) is 2. The SMILES string of the molecule is CC1=CN=C(C)N=C(Nc2cccc(C(C)(C)C)c2)C1. The number of rotatable bonds is 1. The molecule has 3 heteroatoms. The van der Waals surface area contributed by atoms with Crippen LogP contribution in [0.15, 0.2) is 46.0 Å². The van der Waals surface area contributed by atoms with Crippen LogP contribution in [0, 0.1) is 0 Å². The molecule has 1 aromatic carbocycles. The van der Waals surface area contributed by atoms with Gasteiger partial charge in [-0.15, -0.1) is 0 Å². The van der Waals surface area contributed by atoms with Gasteiger partial charge in [-0.2, -0.15) is 0 Å². The minimum atomic E-state index is 0.149. The zero-order chi connectivity index (χ0) is 14.8. The van der Waals surface area contributed by atoms with Crippen molar-refractivity contribution in [1.29, 1.82) is 0 Å². The summed E-state index contributed by atoms with van der Waals surface area (Å²) in [6, 6.07) is 8.52. The van der Waals surface area contributed by atoms with Crippen LogP contribution in [0.1, 0.15) is 46.6 Å². The van der Waals surface area contributed by atoms with E-state index in [9.17, 15) is 0 Å². The highest BCUT2D eigenvalue weighted by atomic mass is 15.0. The van der Waals surface area contributed by atoms with Gasteiger partial charge in [-0.05, 0) is 42.5 Å². The van der Waals surface area contributed by atoms with Crippen LogP contribution in [0.25, 0.3) is 0 Å². The smallest absolute Gasteiger partial charge is 0.127 e. The van der Waals surface area contributed by atoms with Crippen LogP contribution in [0.4, 0.5) is 5.69 Å². The molecule has 0 aliphatic carbocycles. The molecule has 1 aliphatic heterocycles. The first-order valence-electron chi connectivity index (χ1n) is 7.00. The minimum Gasteiger partial charge on any atom is -0.343 e. The predicted molar refractivity (Wildman–Crippen MR) is 87.7 cm³/mol. The third-order valence-corrected chi connectivity index (χ3v) is 3.23. The first kappa shape index (κ1) is 14.5. The molecule has 0 unspecified atom stereocenters. The Morgan fingerprint density at radius 3 is 2.60 bits per heavy atom. The van der Waals surface area contributed by atoms with Crippen LogP contribution in [-0.4, -0.2) is 11.7 Å². The normalized spacial score (nSPS) is 15.9. The summed E-state index contributed by atoms with van der Waals surface area (Å²) in [6.07, 6.45) is 2.69. The molecule has 0 atom stereocenters. The molecule has 1 aliphatic rings. The molecule has 20 heavy (non-hydrogen) atoms. The van der Waals surface area contributed by atoms with Gasteiger partial charge in [-0.3, -0.25) is 0 Å². The summed E-state index contributed by atoms with van der Waals surface area (Å²) in [4.78, 5) is 8.80. The topological polar surface area (TPSA) is 36.8 Å². The first-order valence-corrected chi connectivity index (χ1v) is 7.00. The maximum absolute atomic E-state index is 4.52. The standard InChI is InChI=1S/C17H23N3/c1-12-9-16(19-13(2)18-11-12)20-15-8-6-7-14(10-15)17(3,4)5/h6-8,10-11H,9H2,1-5H3,(H,18,19,20). The van der Waals surface area contributed by atoms with Crippen LogP contribution >= 0.6 is 0 Å². The highest BCUT2D eigenvalue weighted by Gasteiger charge is 2.14. The number of aliphatic imine (C=N–C) groups is 2. The van der Waals surface area contributed by atoms with Crippen molar-refractivity contribution in [3.8, 4) is 0 Å². The van der Waals surface area contributed by atoms with Crippen molar-refractivity contribution < 1.29 is 0 Å². The summed E-state index contributed by atoms with van der Waals surface area (Å²) >= 11 is 0. The van der Waals surface area contributed by atoms with Gasteiger partial charge in [-0.25, -0.2) is 9.98 Å². The van der Waals surface area contributed by atoms with Crippen molar-refractivity contribution in [1.82, 2.24) is 0 Å². The van der Waals surface area contributed by atoms with E-state index in [1.807, 2.05) is 13.1 Å². The maximum Gasteiger partial charge on any atom is 0.127 e. The number of hydrogen-bond acceptors (Lipinski definition) is 3. The second-order valence-electron chi connectivity index (χ2n) is 6.34.